The lowest BCUT2D eigenvalue weighted by molar-refractivity contribution is 0.633. The van der Waals surface area contributed by atoms with Crippen molar-refractivity contribution in [1.29, 1.82) is 5.26 Å². The van der Waals surface area contributed by atoms with Gasteiger partial charge in [0.2, 0.25) is 0 Å². The van der Waals surface area contributed by atoms with Crippen LogP contribution >= 0.6 is 0 Å². The molecule has 0 aliphatic heterocycles. The zero-order valence-electron chi connectivity index (χ0n) is 9.18. The number of anilines is 1. The summed E-state index contributed by atoms with van der Waals surface area (Å²) < 4.78 is 0. The molecule has 1 aromatic carbocycles. The summed E-state index contributed by atoms with van der Waals surface area (Å²) in [4.78, 5) is 0. The first-order valence-electron chi connectivity index (χ1n) is 4.71. The van der Waals surface area contributed by atoms with Gasteiger partial charge in [0.05, 0.1) is 11.6 Å². The zero-order valence-corrected chi connectivity index (χ0v) is 9.18. The normalized spacial score (nSPS) is 10.8. The first-order chi connectivity index (χ1) is 6.42. The minimum Gasteiger partial charge on any atom is -0.380 e. The molecule has 0 aliphatic rings. The Kier molecular flexibility index (Phi) is 2.81. The predicted octanol–water partition coefficient (Wildman–Crippen LogP) is 3.08. The molecule has 0 heterocycles. The van der Waals surface area contributed by atoms with Crippen LogP contribution in [0.15, 0.2) is 18.2 Å². The Balaban J connectivity index is 2.97. The van der Waals surface area contributed by atoms with Crippen LogP contribution in [0, 0.1) is 18.3 Å². The molecule has 0 atom stereocenters. The second kappa shape index (κ2) is 3.71. The van der Waals surface area contributed by atoms with Gasteiger partial charge >= 0.3 is 0 Å². The SMILES string of the molecule is Cc1cc(C#N)ccc1NC(C)(C)C. The summed E-state index contributed by atoms with van der Waals surface area (Å²) in [5.41, 5.74) is 2.97. The summed E-state index contributed by atoms with van der Waals surface area (Å²) in [6, 6.07) is 7.82. The molecule has 0 saturated heterocycles. The fraction of sp³-hybridized carbons (Fsp3) is 0.417. The largest absolute Gasteiger partial charge is 0.380 e. The second-order valence-electron chi connectivity index (χ2n) is 4.52. The number of hydrogen-bond acceptors (Lipinski definition) is 2. The monoisotopic (exact) mass is 188 g/mol. The second-order valence-corrected chi connectivity index (χ2v) is 4.52. The van der Waals surface area contributed by atoms with E-state index < -0.39 is 0 Å². The molecule has 74 valence electrons. The lowest BCUT2D eigenvalue weighted by atomic mass is 10.1. The van der Waals surface area contributed by atoms with Crippen LogP contribution in [0.1, 0.15) is 31.9 Å². The Bertz CT molecular complexity index is 367. The Morgan fingerprint density at radius 2 is 1.93 bits per heavy atom. The van der Waals surface area contributed by atoms with E-state index in [0.29, 0.717) is 5.56 Å². The van der Waals surface area contributed by atoms with Crippen molar-refractivity contribution in [3.63, 3.8) is 0 Å². The summed E-state index contributed by atoms with van der Waals surface area (Å²) in [6.07, 6.45) is 0. The molecule has 1 aromatic rings. The number of nitrogens with zero attached hydrogens (tertiary/aromatic N) is 1. The highest BCUT2D eigenvalue weighted by Crippen LogP contribution is 2.20. The van der Waals surface area contributed by atoms with Gasteiger partial charge in [-0.1, -0.05) is 0 Å². The molecule has 0 unspecified atom stereocenters. The molecule has 0 saturated carbocycles. The molecule has 0 amide bonds. The van der Waals surface area contributed by atoms with Gasteiger partial charge in [-0.2, -0.15) is 5.26 Å². The Hall–Kier alpha value is -1.49. The van der Waals surface area contributed by atoms with E-state index in [1.807, 2.05) is 25.1 Å². The summed E-state index contributed by atoms with van der Waals surface area (Å²) >= 11 is 0. The van der Waals surface area contributed by atoms with E-state index in [-0.39, 0.29) is 5.54 Å². The summed E-state index contributed by atoms with van der Waals surface area (Å²) in [6.45, 7) is 8.36. The van der Waals surface area contributed by atoms with Crippen LogP contribution in [0.3, 0.4) is 0 Å². The van der Waals surface area contributed by atoms with Gasteiger partial charge in [-0.05, 0) is 51.5 Å². The van der Waals surface area contributed by atoms with Crippen LogP contribution in [-0.4, -0.2) is 5.54 Å². The number of nitriles is 1. The molecule has 2 nitrogen and oxygen atoms in total. The van der Waals surface area contributed by atoms with E-state index in [2.05, 4.69) is 32.2 Å². The van der Waals surface area contributed by atoms with Crippen molar-refractivity contribution >= 4 is 5.69 Å². The highest BCUT2D eigenvalue weighted by atomic mass is 14.9. The smallest absolute Gasteiger partial charge is 0.0991 e. The highest BCUT2D eigenvalue weighted by molar-refractivity contribution is 5.55. The van der Waals surface area contributed by atoms with E-state index in [1.54, 1.807) is 0 Å². The fourth-order valence-corrected chi connectivity index (χ4v) is 1.28. The number of rotatable bonds is 1. The molecular weight excluding hydrogens is 172 g/mol. The Morgan fingerprint density at radius 1 is 1.29 bits per heavy atom. The lowest BCUT2D eigenvalue weighted by Crippen LogP contribution is -2.26. The minimum atomic E-state index is 0.0545. The first-order valence-corrected chi connectivity index (χ1v) is 4.71. The number of nitrogens with one attached hydrogen (secondary N) is 1. The Morgan fingerprint density at radius 3 is 2.36 bits per heavy atom. The van der Waals surface area contributed by atoms with Crippen LogP contribution in [0.2, 0.25) is 0 Å². The standard InChI is InChI=1S/C12H16N2/c1-9-7-10(8-13)5-6-11(9)14-12(2,3)4/h5-7,14H,1-4H3. The van der Waals surface area contributed by atoms with E-state index in [1.165, 1.54) is 0 Å². The maximum absolute atomic E-state index is 8.72. The molecule has 1 rings (SSSR count). The topological polar surface area (TPSA) is 35.8 Å². The lowest BCUT2D eigenvalue weighted by Gasteiger charge is -2.23. The first kappa shape index (κ1) is 10.6. The van der Waals surface area contributed by atoms with E-state index in [9.17, 15) is 0 Å². The van der Waals surface area contributed by atoms with Gasteiger partial charge < -0.3 is 5.32 Å². The van der Waals surface area contributed by atoms with Gasteiger partial charge in [-0.15, -0.1) is 0 Å². The molecular formula is C12H16N2. The molecule has 0 fully saturated rings. The summed E-state index contributed by atoms with van der Waals surface area (Å²) in [7, 11) is 0. The number of hydrogen-bond donors (Lipinski definition) is 1. The van der Waals surface area contributed by atoms with Crippen molar-refractivity contribution in [3.8, 4) is 6.07 Å². The summed E-state index contributed by atoms with van der Waals surface area (Å²) in [5.74, 6) is 0. The van der Waals surface area contributed by atoms with Crippen molar-refractivity contribution in [3.05, 3.63) is 29.3 Å². The van der Waals surface area contributed by atoms with Crippen LogP contribution < -0.4 is 5.32 Å². The van der Waals surface area contributed by atoms with Gasteiger partial charge in [-0.25, -0.2) is 0 Å². The molecule has 0 spiro atoms. The molecule has 0 aliphatic carbocycles. The molecule has 0 radical (unpaired) electrons. The quantitative estimate of drug-likeness (QED) is 0.735. The van der Waals surface area contributed by atoms with Crippen LogP contribution in [-0.2, 0) is 0 Å². The third kappa shape index (κ3) is 2.77. The van der Waals surface area contributed by atoms with E-state index in [4.69, 9.17) is 5.26 Å². The average Bonchev–Trinajstić information content (AvgIpc) is 2.06. The predicted molar refractivity (Wildman–Crippen MR) is 59.3 cm³/mol. The molecule has 2 heteroatoms. The van der Waals surface area contributed by atoms with Gasteiger partial charge in [0.15, 0.2) is 0 Å². The third-order valence-corrected chi connectivity index (χ3v) is 1.87. The average molecular weight is 188 g/mol. The Labute approximate surface area is 85.6 Å². The maximum atomic E-state index is 8.72. The van der Waals surface area contributed by atoms with Crippen LogP contribution in [0.25, 0.3) is 0 Å². The molecule has 0 aromatic heterocycles. The fourth-order valence-electron chi connectivity index (χ4n) is 1.28. The zero-order chi connectivity index (χ0) is 10.8. The molecule has 1 N–H and O–H groups in total. The van der Waals surface area contributed by atoms with Gasteiger partial charge in [-0.3, -0.25) is 0 Å². The van der Waals surface area contributed by atoms with Crippen molar-refractivity contribution in [2.45, 2.75) is 33.2 Å². The number of aryl methyl sites for hydroxylation is 1. The van der Waals surface area contributed by atoms with Crippen molar-refractivity contribution in [2.75, 3.05) is 5.32 Å². The van der Waals surface area contributed by atoms with Gasteiger partial charge in [0.1, 0.15) is 0 Å². The number of benzene rings is 1. The highest BCUT2D eigenvalue weighted by Gasteiger charge is 2.10. The van der Waals surface area contributed by atoms with Crippen LogP contribution in [0.4, 0.5) is 5.69 Å². The van der Waals surface area contributed by atoms with E-state index >= 15 is 0 Å². The van der Waals surface area contributed by atoms with E-state index in [0.717, 1.165) is 11.3 Å². The van der Waals surface area contributed by atoms with Crippen LogP contribution in [0.5, 0.6) is 0 Å². The van der Waals surface area contributed by atoms with Gasteiger partial charge in [0.25, 0.3) is 0 Å². The minimum absolute atomic E-state index is 0.0545. The third-order valence-electron chi connectivity index (χ3n) is 1.87. The van der Waals surface area contributed by atoms with Crippen molar-refractivity contribution in [1.82, 2.24) is 0 Å². The van der Waals surface area contributed by atoms with Crippen molar-refractivity contribution in [2.24, 2.45) is 0 Å². The molecule has 14 heavy (non-hydrogen) atoms. The maximum Gasteiger partial charge on any atom is 0.0991 e. The van der Waals surface area contributed by atoms with Gasteiger partial charge in [0, 0.05) is 11.2 Å². The summed E-state index contributed by atoms with van der Waals surface area (Å²) in [5, 5.41) is 12.1. The van der Waals surface area contributed by atoms with Crippen molar-refractivity contribution < 1.29 is 0 Å². The molecule has 0 bridgehead atoms.